The normalized spacial score (nSPS) is 23.1. The van der Waals surface area contributed by atoms with E-state index in [1.54, 1.807) is 0 Å². The van der Waals surface area contributed by atoms with Gasteiger partial charge in [-0.15, -0.1) is 0 Å². The maximum Gasteiger partial charge on any atom is 0.229 e. The minimum Gasteiger partial charge on any atom is -0.396 e. The average molecular weight is 197 g/mol. The van der Waals surface area contributed by atoms with Gasteiger partial charge in [-0.3, -0.25) is 4.90 Å². The molecule has 1 aromatic heterocycles. The van der Waals surface area contributed by atoms with Crippen LogP contribution >= 0.6 is 0 Å². The van der Waals surface area contributed by atoms with Crippen molar-refractivity contribution in [2.45, 2.75) is 25.3 Å². The molecule has 5 nitrogen and oxygen atoms in total. The molecule has 1 aliphatic heterocycles. The van der Waals surface area contributed by atoms with E-state index in [1.807, 2.05) is 0 Å². The van der Waals surface area contributed by atoms with Crippen molar-refractivity contribution in [3.8, 4) is 0 Å². The van der Waals surface area contributed by atoms with E-state index >= 15 is 0 Å². The molecule has 1 unspecified atom stereocenters. The van der Waals surface area contributed by atoms with Crippen LogP contribution in [-0.2, 0) is 6.42 Å². The van der Waals surface area contributed by atoms with Gasteiger partial charge in [-0.05, 0) is 26.4 Å². The molecule has 1 atom stereocenters. The zero-order valence-corrected chi connectivity index (χ0v) is 8.31. The Morgan fingerprint density at radius 1 is 1.64 bits per heavy atom. The summed E-state index contributed by atoms with van der Waals surface area (Å²) in [6, 6.07) is 0.297. The van der Waals surface area contributed by atoms with Gasteiger partial charge in [-0.25, -0.2) is 0 Å². The Hall–Kier alpha value is -0.940. The first kappa shape index (κ1) is 9.61. The maximum absolute atomic E-state index is 8.71. The highest BCUT2D eigenvalue weighted by Crippen LogP contribution is 2.27. The van der Waals surface area contributed by atoms with Crippen molar-refractivity contribution in [1.82, 2.24) is 15.0 Å². The third-order valence-electron chi connectivity index (χ3n) is 2.63. The van der Waals surface area contributed by atoms with Crippen molar-refractivity contribution >= 4 is 0 Å². The summed E-state index contributed by atoms with van der Waals surface area (Å²) < 4.78 is 5.02. The number of likely N-dealkylation sites (tertiary alicyclic amines) is 1. The van der Waals surface area contributed by atoms with E-state index in [0.29, 0.717) is 18.4 Å². The van der Waals surface area contributed by atoms with Crippen molar-refractivity contribution in [2.24, 2.45) is 0 Å². The third kappa shape index (κ3) is 1.78. The summed E-state index contributed by atoms with van der Waals surface area (Å²) in [5, 5.41) is 12.6. The number of aliphatic hydroxyl groups excluding tert-OH is 1. The summed E-state index contributed by atoms with van der Waals surface area (Å²) in [5.41, 5.74) is 0. The van der Waals surface area contributed by atoms with Crippen LogP contribution in [0.2, 0.25) is 0 Å². The molecule has 0 spiro atoms. The van der Waals surface area contributed by atoms with E-state index in [1.165, 1.54) is 6.42 Å². The summed E-state index contributed by atoms with van der Waals surface area (Å²) in [5.74, 6) is 1.29. The van der Waals surface area contributed by atoms with E-state index in [4.69, 9.17) is 9.63 Å². The van der Waals surface area contributed by atoms with Crippen LogP contribution in [0, 0.1) is 0 Å². The molecule has 0 amide bonds. The van der Waals surface area contributed by atoms with Crippen LogP contribution in [0.25, 0.3) is 0 Å². The fourth-order valence-corrected chi connectivity index (χ4v) is 1.84. The second-order valence-electron chi connectivity index (χ2n) is 3.66. The lowest BCUT2D eigenvalue weighted by Crippen LogP contribution is -2.18. The van der Waals surface area contributed by atoms with Gasteiger partial charge in [0.25, 0.3) is 0 Å². The third-order valence-corrected chi connectivity index (χ3v) is 2.63. The van der Waals surface area contributed by atoms with Gasteiger partial charge >= 0.3 is 0 Å². The monoisotopic (exact) mass is 197 g/mol. The lowest BCUT2D eigenvalue weighted by atomic mass is 10.2. The SMILES string of the molecule is CN1CCCC1c1noc(CCO)n1. The first-order valence-electron chi connectivity index (χ1n) is 4.95. The highest BCUT2D eigenvalue weighted by atomic mass is 16.5. The van der Waals surface area contributed by atoms with Gasteiger partial charge < -0.3 is 9.63 Å². The summed E-state index contributed by atoms with van der Waals surface area (Å²) >= 11 is 0. The Bertz CT molecular complexity index is 300. The lowest BCUT2D eigenvalue weighted by Gasteiger charge is -2.14. The second kappa shape index (κ2) is 4.06. The van der Waals surface area contributed by atoms with Gasteiger partial charge in [0.1, 0.15) is 0 Å². The molecule has 2 heterocycles. The van der Waals surface area contributed by atoms with E-state index in [9.17, 15) is 0 Å². The number of rotatable bonds is 3. The number of hydrogen-bond donors (Lipinski definition) is 1. The highest BCUT2D eigenvalue weighted by Gasteiger charge is 2.26. The van der Waals surface area contributed by atoms with Crippen molar-refractivity contribution in [1.29, 1.82) is 0 Å². The summed E-state index contributed by atoms with van der Waals surface area (Å²) in [6.07, 6.45) is 2.73. The van der Waals surface area contributed by atoms with Crippen LogP contribution in [0.1, 0.15) is 30.6 Å². The predicted molar refractivity (Wildman–Crippen MR) is 49.7 cm³/mol. The Morgan fingerprint density at radius 2 is 2.50 bits per heavy atom. The molecule has 78 valence electrons. The standard InChI is InChI=1S/C9H15N3O2/c1-12-5-2-3-7(12)9-10-8(4-6-13)14-11-9/h7,13H,2-6H2,1H3. The predicted octanol–water partition coefficient (Wildman–Crippen LogP) is 0.371. The van der Waals surface area contributed by atoms with Gasteiger partial charge in [-0.1, -0.05) is 5.16 Å². The Balaban J connectivity index is 2.08. The van der Waals surface area contributed by atoms with Crippen LogP contribution in [0.4, 0.5) is 0 Å². The summed E-state index contributed by atoms with van der Waals surface area (Å²) in [4.78, 5) is 6.48. The molecule has 1 aromatic rings. The zero-order valence-electron chi connectivity index (χ0n) is 8.31. The average Bonchev–Trinajstić information content (AvgIpc) is 2.74. The fraction of sp³-hybridized carbons (Fsp3) is 0.778. The van der Waals surface area contributed by atoms with E-state index in [0.717, 1.165) is 18.8 Å². The van der Waals surface area contributed by atoms with Crippen LogP contribution < -0.4 is 0 Å². The molecule has 14 heavy (non-hydrogen) atoms. The quantitative estimate of drug-likeness (QED) is 0.758. The van der Waals surface area contributed by atoms with Gasteiger partial charge in [0, 0.05) is 0 Å². The molecule has 1 saturated heterocycles. The largest absolute Gasteiger partial charge is 0.396 e. The fourth-order valence-electron chi connectivity index (χ4n) is 1.84. The van der Waals surface area contributed by atoms with Crippen LogP contribution in [0.15, 0.2) is 4.52 Å². The van der Waals surface area contributed by atoms with Crippen LogP contribution in [0.5, 0.6) is 0 Å². The summed E-state index contributed by atoms with van der Waals surface area (Å²) in [6.45, 7) is 1.15. The van der Waals surface area contributed by atoms with Gasteiger partial charge in [0.15, 0.2) is 5.82 Å². The van der Waals surface area contributed by atoms with Crippen molar-refractivity contribution in [3.63, 3.8) is 0 Å². The minimum absolute atomic E-state index is 0.0577. The van der Waals surface area contributed by atoms with Gasteiger partial charge in [0.05, 0.1) is 19.1 Å². The van der Waals surface area contributed by atoms with Crippen LogP contribution in [0.3, 0.4) is 0 Å². The smallest absolute Gasteiger partial charge is 0.229 e. The first-order valence-corrected chi connectivity index (χ1v) is 4.95. The van der Waals surface area contributed by atoms with Crippen molar-refractivity contribution in [2.75, 3.05) is 20.2 Å². The number of hydrogen-bond acceptors (Lipinski definition) is 5. The van der Waals surface area contributed by atoms with E-state index in [2.05, 4.69) is 22.1 Å². The molecule has 5 heteroatoms. The molecular weight excluding hydrogens is 182 g/mol. The zero-order chi connectivity index (χ0) is 9.97. The molecule has 0 radical (unpaired) electrons. The topological polar surface area (TPSA) is 62.4 Å². The number of aromatic nitrogens is 2. The molecule has 0 aliphatic carbocycles. The molecule has 1 fully saturated rings. The lowest BCUT2D eigenvalue weighted by molar-refractivity contribution is 0.270. The Morgan fingerprint density at radius 3 is 3.14 bits per heavy atom. The maximum atomic E-state index is 8.71. The van der Waals surface area contributed by atoms with Gasteiger partial charge in [-0.2, -0.15) is 4.98 Å². The molecule has 0 aromatic carbocycles. The molecule has 1 aliphatic rings. The number of nitrogens with zero attached hydrogens (tertiary/aromatic N) is 3. The number of aliphatic hydroxyl groups is 1. The molecule has 2 rings (SSSR count). The molecule has 0 saturated carbocycles. The second-order valence-corrected chi connectivity index (χ2v) is 3.66. The van der Waals surface area contributed by atoms with Gasteiger partial charge in [0.2, 0.25) is 5.89 Å². The molecular formula is C9H15N3O2. The van der Waals surface area contributed by atoms with E-state index < -0.39 is 0 Å². The van der Waals surface area contributed by atoms with Crippen molar-refractivity contribution < 1.29 is 9.63 Å². The van der Waals surface area contributed by atoms with Crippen molar-refractivity contribution in [3.05, 3.63) is 11.7 Å². The Kier molecular flexibility index (Phi) is 2.79. The highest BCUT2D eigenvalue weighted by molar-refractivity contribution is 4.97. The molecule has 0 bridgehead atoms. The minimum atomic E-state index is 0.0577. The Labute approximate surface area is 82.7 Å². The van der Waals surface area contributed by atoms with Crippen LogP contribution in [-0.4, -0.2) is 40.3 Å². The van der Waals surface area contributed by atoms with E-state index in [-0.39, 0.29) is 6.61 Å². The summed E-state index contributed by atoms with van der Waals surface area (Å²) in [7, 11) is 2.07. The molecule has 1 N–H and O–H groups in total. The first-order chi connectivity index (χ1) is 6.81.